The van der Waals surface area contributed by atoms with Gasteiger partial charge in [-0.2, -0.15) is 4.98 Å². The summed E-state index contributed by atoms with van der Waals surface area (Å²) in [6, 6.07) is 8.36. The number of carbonyl (C=O) groups is 2. The van der Waals surface area contributed by atoms with Crippen LogP contribution < -0.4 is 20.9 Å². The second kappa shape index (κ2) is 10.3. The van der Waals surface area contributed by atoms with Gasteiger partial charge >= 0.3 is 0 Å². The summed E-state index contributed by atoms with van der Waals surface area (Å²) in [6.45, 7) is 6.74. The number of nitrogens with two attached hydrogens (primary N) is 1. The minimum atomic E-state index is -0.532. The molecule has 10 nitrogen and oxygen atoms in total. The molecule has 0 spiro atoms. The molecule has 2 aromatic rings. The third-order valence-corrected chi connectivity index (χ3v) is 6.82. The van der Waals surface area contributed by atoms with Crippen LogP contribution in [0.5, 0.6) is 0 Å². The number of nitrogens with one attached hydrogen (secondary N) is 1. The number of hydrogen-bond acceptors (Lipinski definition) is 8. The van der Waals surface area contributed by atoms with Crippen LogP contribution in [-0.4, -0.2) is 91.0 Å². The predicted molar refractivity (Wildman–Crippen MR) is 134 cm³/mol. The first-order valence-corrected chi connectivity index (χ1v) is 11.8. The molecule has 2 fully saturated rings. The van der Waals surface area contributed by atoms with Crippen molar-refractivity contribution in [3.63, 3.8) is 0 Å². The van der Waals surface area contributed by atoms with Gasteiger partial charge in [-0.15, -0.1) is 0 Å². The van der Waals surface area contributed by atoms with E-state index >= 15 is 0 Å². The number of primary amides is 1. The lowest BCUT2D eigenvalue weighted by molar-refractivity contribution is -0.129. The number of anilines is 4. The van der Waals surface area contributed by atoms with Crippen LogP contribution in [0, 0.1) is 0 Å². The number of benzene rings is 1. The van der Waals surface area contributed by atoms with Crippen LogP contribution in [0.1, 0.15) is 30.1 Å². The molecule has 2 saturated heterocycles. The maximum atomic E-state index is 12.0. The summed E-state index contributed by atoms with van der Waals surface area (Å²) in [7, 11) is 4.09. The fraction of sp³-hybridized carbons (Fsp3) is 0.500. The number of likely N-dealkylation sites (tertiary alicyclic amines) is 1. The zero-order chi connectivity index (χ0) is 24.2. The van der Waals surface area contributed by atoms with E-state index in [4.69, 9.17) is 5.73 Å². The molecule has 2 aliphatic heterocycles. The largest absolute Gasteiger partial charge is 0.368 e. The van der Waals surface area contributed by atoms with Gasteiger partial charge in [0.2, 0.25) is 11.9 Å². The van der Waals surface area contributed by atoms with E-state index in [1.807, 2.05) is 24.1 Å². The Hall–Kier alpha value is -3.40. The van der Waals surface area contributed by atoms with Gasteiger partial charge in [-0.1, -0.05) is 0 Å². The molecule has 4 rings (SSSR count). The molecule has 1 aromatic heterocycles. The Balaban J connectivity index is 1.46. The summed E-state index contributed by atoms with van der Waals surface area (Å²) in [5, 5.41) is 3.25. The van der Waals surface area contributed by atoms with Gasteiger partial charge in [-0.25, -0.2) is 4.98 Å². The zero-order valence-electron chi connectivity index (χ0n) is 20.2. The van der Waals surface area contributed by atoms with E-state index < -0.39 is 5.91 Å². The van der Waals surface area contributed by atoms with Crippen LogP contribution in [-0.2, 0) is 4.79 Å². The fourth-order valence-corrected chi connectivity index (χ4v) is 4.60. The average molecular weight is 467 g/mol. The molecule has 182 valence electrons. The number of nitrogens with zero attached hydrogens (tertiary/aromatic N) is 6. The number of carbonyl (C=O) groups excluding carboxylic acids is 2. The van der Waals surface area contributed by atoms with E-state index in [-0.39, 0.29) is 5.91 Å². The Morgan fingerprint density at radius 1 is 1.06 bits per heavy atom. The molecule has 34 heavy (non-hydrogen) atoms. The van der Waals surface area contributed by atoms with Crippen molar-refractivity contribution in [3.8, 4) is 0 Å². The number of aromatic nitrogens is 2. The molecule has 2 amide bonds. The second-order valence-corrected chi connectivity index (χ2v) is 9.11. The topological polar surface area (TPSA) is 111 Å². The van der Waals surface area contributed by atoms with E-state index in [1.165, 1.54) is 6.20 Å². The van der Waals surface area contributed by atoms with Crippen molar-refractivity contribution < 1.29 is 9.59 Å². The van der Waals surface area contributed by atoms with Crippen molar-refractivity contribution in [2.24, 2.45) is 5.73 Å². The normalized spacial score (nSPS) is 17.5. The molecule has 1 aromatic carbocycles. The molecule has 0 atom stereocenters. The second-order valence-electron chi connectivity index (χ2n) is 9.11. The van der Waals surface area contributed by atoms with E-state index in [0.29, 0.717) is 23.4 Å². The molecule has 10 heteroatoms. The molecule has 0 bridgehead atoms. The Labute approximate surface area is 200 Å². The maximum Gasteiger partial charge on any atom is 0.254 e. The fourth-order valence-electron chi connectivity index (χ4n) is 4.60. The molecule has 3 heterocycles. The highest BCUT2D eigenvalue weighted by molar-refractivity contribution is 5.97. The summed E-state index contributed by atoms with van der Waals surface area (Å²) in [5.74, 6) is 0.569. The minimum absolute atomic E-state index is 0.127. The van der Waals surface area contributed by atoms with E-state index in [0.717, 1.165) is 63.5 Å². The first-order valence-electron chi connectivity index (χ1n) is 11.8. The number of hydrogen-bond donors (Lipinski definition) is 2. The zero-order valence-corrected chi connectivity index (χ0v) is 20.2. The van der Waals surface area contributed by atoms with Crippen LogP contribution in [0.15, 0.2) is 30.5 Å². The first-order chi connectivity index (χ1) is 16.3. The molecule has 0 radical (unpaired) electrons. The van der Waals surface area contributed by atoms with Crippen molar-refractivity contribution in [2.45, 2.75) is 25.8 Å². The maximum absolute atomic E-state index is 12.0. The molecule has 0 unspecified atom stereocenters. The minimum Gasteiger partial charge on any atom is -0.368 e. The summed E-state index contributed by atoms with van der Waals surface area (Å²) >= 11 is 0. The van der Waals surface area contributed by atoms with Crippen LogP contribution in [0.25, 0.3) is 0 Å². The number of piperazine rings is 1. The first kappa shape index (κ1) is 23.7. The number of amides is 2. The SMILES string of the molecule is CC(=O)N1CCN(c2ccc(Nc3ncc(C(N)=O)c(N(C)C4CCN(C)CC4)n3)cc2)CC1. The van der Waals surface area contributed by atoms with Gasteiger partial charge in [0.05, 0.1) is 0 Å². The van der Waals surface area contributed by atoms with Gasteiger partial charge in [-0.05, 0) is 57.2 Å². The van der Waals surface area contributed by atoms with E-state index in [1.54, 1.807) is 6.92 Å². The molecule has 2 aliphatic rings. The smallest absolute Gasteiger partial charge is 0.254 e. The summed E-state index contributed by atoms with van der Waals surface area (Å²) in [6.07, 6.45) is 3.50. The van der Waals surface area contributed by atoms with Gasteiger partial charge < -0.3 is 30.7 Å². The van der Waals surface area contributed by atoms with Crippen molar-refractivity contribution in [1.82, 2.24) is 19.8 Å². The van der Waals surface area contributed by atoms with E-state index in [9.17, 15) is 9.59 Å². The lowest BCUT2D eigenvalue weighted by Gasteiger charge is -2.36. The summed E-state index contributed by atoms with van der Waals surface area (Å²) in [4.78, 5) is 41.1. The van der Waals surface area contributed by atoms with Gasteiger partial charge in [0.1, 0.15) is 11.4 Å². The van der Waals surface area contributed by atoms with Crippen LogP contribution >= 0.6 is 0 Å². The standard InChI is InChI=1S/C24H34N8O2/c1-17(33)31-12-14-32(15-13-31)20-6-4-18(5-7-20)27-24-26-16-21(22(25)34)23(28-24)30(3)19-8-10-29(2)11-9-19/h4-7,16,19H,8-15H2,1-3H3,(H2,25,34)(H,26,27,28). The van der Waals surface area contributed by atoms with Crippen molar-refractivity contribution >= 4 is 35.0 Å². The molecule has 0 saturated carbocycles. The lowest BCUT2D eigenvalue weighted by Crippen LogP contribution is -2.48. The monoisotopic (exact) mass is 466 g/mol. The van der Waals surface area contributed by atoms with Gasteiger partial charge in [-0.3, -0.25) is 9.59 Å². The Bertz CT molecular complexity index is 1010. The third kappa shape index (κ3) is 5.39. The Morgan fingerprint density at radius 2 is 1.71 bits per heavy atom. The summed E-state index contributed by atoms with van der Waals surface area (Å²) < 4.78 is 0. The van der Waals surface area contributed by atoms with Crippen LogP contribution in [0.2, 0.25) is 0 Å². The predicted octanol–water partition coefficient (Wildman–Crippen LogP) is 1.52. The molecular formula is C24H34N8O2. The van der Waals surface area contributed by atoms with Crippen LogP contribution in [0.4, 0.5) is 23.1 Å². The van der Waals surface area contributed by atoms with Crippen LogP contribution in [0.3, 0.4) is 0 Å². The number of rotatable bonds is 6. The number of piperidine rings is 1. The highest BCUT2D eigenvalue weighted by atomic mass is 16.2. The Morgan fingerprint density at radius 3 is 2.29 bits per heavy atom. The highest BCUT2D eigenvalue weighted by Gasteiger charge is 2.25. The average Bonchev–Trinajstić information content (AvgIpc) is 2.84. The van der Waals surface area contributed by atoms with Gasteiger partial charge in [0.15, 0.2) is 0 Å². The molecule has 3 N–H and O–H groups in total. The lowest BCUT2D eigenvalue weighted by atomic mass is 10.0. The van der Waals surface area contributed by atoms with Crippen molar-refractivity contribution in [2.75, 3.05) is 68.5 Å². The highest BCUT2D eigenvalue weighted by Crippen LogP contribution is 2.26. The Kier molecular flexibility index (Phi) is 7.16. The van der Waals surface area contributed by atoms with Crippen molar-refractivity contribution in [3.05, 3.63) is 36.0 Å². The third-order valence-electron chi connectivity index (χ3n) is 6.82. The van der Waals surface area contributed by atoms with Crippen molar-refractivity contribution in [1.29, 1.82) is 0 Å². The molecule has 0 aliphatic carbocycles. The summed E-state index contributed by atoms with van der Waals surface area (Å²) in [5.41, 5.74) is 7.91. The van der Waals surface area contributed by atoms with Gasteiger partial charge in [0.25, 0.3) is 5.91 Å². The van der Waals surface area contributed by atoms with E-state index in [2.05, 4.69) is 49.2 Å². The quantitative estimate of drug-likeness (QED) is 0.659. The molecular weight excluding hydrogens is 432 g/mol. The van der Waals surface area contributed by atoms with Gasteiger partial charge in [0, 0.05) is 63.8 Å².